The Hall–Kier alpha value is -1.34. The van der Waals surface area contributed by atoms with Crippen LogP contribution >= 0.6 is 27.5 Å². The van der Waals surface area contributed by atoms with Crippen LogP contribution in [0.4, 0.5) is 4.39 Å². The van der Waals surface area contributed by atoms with Gasteiger partial charge in [0.2, 0.25) is 0 Å². The summed E-state index contributed by atoms with van der Waals surface area (Å²) in [7, 11) is 0. The summed E-state index contributed by atoms with van der Waals surface area (Å²) in [6, 6.07) is 8.19. The zero-order valence-corrected chi connectivity index (χ0v) is 20.3. The van der Waals surface area contributed by atoms with Crippen molar-refractivity contribution in [2.75, 3.05) is 32.8 Å². The number of halogens is 3. The van der Waals surface area contributed by atoms with Crippen LogP contribution in [-0.4, -0.2) is 37.7 Å². The summed E-state index contributed by atoms with van der Waals surface area (Å²) in [6.07, 6.45) is 1.11. The Kier molecular flexibility index (Phi) is 10.9. The van der Waals surface area contributed by atoms with Crippen LogP contribution in [0.5, 0.6) is 11.5 Å². The van der Waals surface area contributed by atoms with Crippen LogP contribution in [-0.2, 0) is 13.2 Å². The molecule has 0 unspecified atom stereocenters. The van der Waals surface area contributed by atoms with Crippen LogP contribution in [0.25, 0.3) is 0 Å². The number of nitrogens with zero attached hydrogens (tertiary/aromatic N) is 1. The van der Waals surface area contributed by atoms with E-state index >= 15 is 0 Å². The molecule has 0 heterocycles. The average molecular weight is 502 g/mol. The Morgan fingerprint density at radius 3 is 2.43 bits per heavy atom. The van der Waals surface area contributed by atoms with E-state index in [1.54, 1.807) is 6.07 Å². The SMILES string of the molecule is CCOc1cc(CNCCCN(CC)CC)c(Br)cc1OCc1ccc(F)cc1Cl. The molecule has 0 saturated carbocycles. The summed E-state index contributed by atoms with van der Waals surface area (Å²) in [5.74, 6) is 0.934. The Balaban J connectivity index is 1.98. The standard InChI is InChI=1S/C23H31BrClFN2O2/c1-4-28(5-2)11-7-10-27-15-18-12-22(29-6-3)23(14-20(18)24)30-16-17-8-9-19(26)13-21(17)25/h8-9,12-14,27H,4-7,10-11,15-16H2,1-3H3. The van der Waals surface area contributed by atoms with Gasteiger partial charge in [-0.3, -0.25) is 0 Å². The smallest absolute Gasteiger partial charge is 0.162 e. The molecule has 2 aromatic rings. The second-order valence-corrected chi connectivity index (χ2v) is 8.17. The maximum Gasteiger partial charge on any atom is 0.162 e. The van der Waals surface area contributed by atoms with Gasteiger partial charge < -0.3 is 19.7 Å². The minimum atomic E-state index is -0.365. The molecule has 2 aromatic carbocycles. The van der Waals surface area contributed by atoms with Gasteiger partial charge in [-0.05, 0) is 69.4 Å². The van der Waals surface area contributed by atoms with E-state index in [4.69, 9.17) is 21.1 Å². The largest absolute Gasteiger partial charge is 0.490 e. The van der Waals surface area contributed by atoms with E-state index in [2.05, 4.69) is 40.0 Å². The minimum absolute atomic E-state index is 0.231. The Bertz CT molecular complexity index is 803. The molecule has 0 radical (unpaired) electrons. The summed E-state index contributed by atoms with van der Waals surface area (Å²) in [4.78, 5) is 2.42. The van der Waals surface area contributed by atoms with Gasteiger partial charge in [0.25, 0.3) is 0 Å². The second-order valence-electron chi connectivity index (χ2n) is 6.90. The Morgan fingerprint density at radius 1 is 1.03 bits per heavy atom. The third kappa shape index (κ3) is 7.73. The predicted molar refractivity (Wildman–Crippen MR) is 125 cm³/mol. The van der Waals surface area contributed by atoms with Gasteiger partial charge in [0.15, 0.2) is 11.5 Å². The molecule has 0 amide bonds. The molecule has 0 atom stereocenters. The zero-order chi connectivity index (χ0) is 21.9. The third-order valence-electron chi connectivity index (χ3n) is 4.85. The minimum Gasteiger partial charge on any atom is -0.490 e. The van der Waals surface area contributed by atoms with E-state index in [0.29, 0.717) is 23.1 Å². The van der Waals surface area contributed by atoms with E-state index in [0.717, 1.165) is 54.7 Å². The topological polar surface area (TPSA) is 33.7 Å². The highest BCUT2D eigenvalue weighted by Crippen LogP contribution is 2.35. The first-order valence-electron chi connectivity index (χ1n) is 10.4. The van der Waals surface area contributed by atoms with E-state index in [-0.39, 0.29) is 12.4 Å². The number of ether oxygens (including phenoxy) is 2. The molecule has 4 nitrogen and oxygen atoms in total. The number of rotatable bonds is 13. The monoisotopic (exact) mass is 500 g/mol. The van der Waals surface area contributed by atoms with Crippen molar-refractivity contribution in [3.63, 3.8) is 0 Å². The Labute approximate surface area is 192 Å². The highest BCUT2D eigenvalue weighted by atomic mass is 79.9. The predicted octanol–water partition coefficient (Wildman–Crippen LogP) is 6.04. The second kappa shape index (κ2) is 13.2. The summed E-state index contributed by atoms with van der Waals surface area (Å²) < 4.78 is 25.9. The normalized spacial score (nSPS) is 11.2. The molecule has 30 heavy (non-hydrogen) atoms. The highest BCUT2D eigenvalue weighted by Gasteiger charge is 2.12. The first kappa shape index (κ1) is 24.9. The fraction of sp³-hybridized carbons (Fsp3) is 0.478. The van der Waals surface area contributed by atoms with Gasteiger partial charge in [-0.25, -0.2) is 4.39 Å². The lowest BCUT2D eigenvalue weighted by atomic mass is 10.2. The maximum atomic E-state index is 13.2. The van der Waals surface area contributed by atoms with Crippen LogP contribution in [0.3, 0.4) is 0 Å². The van der Waals surface area contributed by atoms with Crippen molar-refractivity contribution in [2.24, 2.45) is 0 Å². The summed E-state index contributed by atoms with van der Waals surface area (Å²) in [6.45, 7) is 12.1. The molecule has 0 aliphatic rings. The van der Waals surface area contributed by atoms with Crippen LogP contribution in [0.2, 0.25) is 5.02 Å². The molecule has 0 aliphatic heterocycles. The van der Waals surface area contributed by atoms with Crippen LogP contribution in [0.15, 0.2) is 34.8 Å². The summed E-state index contributed by atoms with van der Waals surface area (Å²) >= 11 is 9.74. The van der Waals surface area contributed by atoms with Crippen molar-refractivity contribution in [3.8, 4) is 11.5 Å². The van der Waals surface area contributed by atoms with Crippen molar-refractivity contribution in [2.45, 2.75) is 40.3 Å². The molecule has 0 spiro atoms. The molecule has 0 saturated heterocycles. The van der Waals surface area contributed by atoms with Crippen LogP contribution < -0.4 is 14.8 Å². The van der Waals surface area contributed by atoms with Crippen molar-refractivity contribution >= 4 is 27.5 Å². The molecule has 0 aromatic heterocycles. The molecule has 2 rings (SSSR count). The average Bonchev–Trinajstić information content (AvgIpc) is 2.72. The van der Waals surface area contributed by atoms with Crippen LogP contribution in [0, 0.1) is 5.82 Å². The Morgan fingerprint density at radius 2 is 1.77 bits per heavy atom. The van der Waals surface area contributed by atoms with E-state index in [1.807, 2.05) is 19.1 Å². The van der Waals surface area contributed by atoms with Gasteiger partial charge in [-0.1, -0.05) is 47.4 Å². The van der Waals surface area contributed by atoms with Crippen molar-refractivity contribution in [3.05, 3.63) is 56.8 Å². The highest BCUT2D eigenvalue weighted by molar-refractivity contribution is 9.10. The number of hydrogen-bond acceptors (Lipinski definition) is 4. The first-order valence-corrected chi connectivity index (χ1v) is 11.6. The van der Waals surface area contributed by atoms with E-state index < -0.39 is 0 Å². The quantitative estimate of drug-likeness (QED) is 0.339. The van der Waals surface area contributed by atoms with Gasteiger partial charge in [0.05, 0.1) is 11.6 Å². The van der Waals surface area contributed by atoms with Crippen LogP contribution in [0.1, 0.15) is 38.3 Å². The van der Waals surface area contributed by atoms with Gasteiger partial charge in [-0.15, -0.1) is 0 Å². The van der Waals surface area contributed by atoms with Gasteiger partial charge in [-0.2, -0.15) is 0 Å². The van der Waals surface area contributed by atoms with E-state index in [1.165, 1.54) is 12.1 Å². The maximum absolute atomic E-state index is 13.2. The fourth-order valence-electron chi connectivity index (χ4n) is 3.08. The molecule has 166 valence electrons. The third-order valence-corrected chi connectivity index (χ3v) is 5.94. The van der Waals surface area contributed by atoms with E-state index in [9.17, 15) is 4.39 Å². The molecular formula is C23H31BrClFN2O2. The molecule has 0 bridgehead atoms. The lowest BCUT2D eigenvalue weighted by Crippen LogP contribution is -2.27. The zero-order valence-electron chi connectivity index (χ0n) is 17.9. The molecule has 0 aliphatic carbocycles. The lowest BCUT2D eigenvalue weighted by Gasteiger charge is -2.18. The van der Waals surface area contributed by atoms with Crippen molar-refractivity contribution in [1.82, 2.24) is 10.2 Å². The van der Waals surface area contributed by atoms with Gasteiger partial charge >= 0.3 is 0 Å². The number of nitrogens with one attached hydrogen (secondary N) is 1. The van der Waals surface area contributed by atoms with Crippen molar-refractivity contribution < 1.29 is 13.9 Å². The number of hydrogen-bond donors (Lipinski definition) is 1. The van der Waals surface area contributed by atoms with Gasteiger partial charge in [0, 0.05) is 16.6 Å². The molecule has 0 fully saturated rings. The van der Waals surface area contributed by atoms with Gasteiger partial charge in [0.1, 0.15) is 12.4 Å². The summed E-state index contributed by atoms with van der Waals surface area (Å²) in [5, 5.41) is 3.84. The summed E-state index contributed by atoms with van der Waals surface area (Å²) in [5.41, 5.74) is 1.82. The van der Waals surface area contributed by atoms with Crippen molar-refractivity contribution in [1.29, 1.82) is 0 Å². The molecular weight excluding hydrogens is 471 g/mol. The lowest BCUT2D eigenvalue weighted by molar-refractivity contribution is 0.268. The molecule has 7 heteroatoms. The first-order chi connectivity index (χ1) is 14.5. The number of benzene rings is 2. The molecule has 1 N–H and O–H groups in total. The fourth-order valence-corrected chi connectivity index (χ4v) is 3.76.